The Kier molecular flexibility index (Phi) is 3.85. The van der Waals surface area contributed by atoms with Gasteiger partial charge in [0.25, 0.3) is 0 Å². The van der Waals surface area contributed by atoms with E-state index in [1.807, 2.05) is 0 Å². The first-order chi connectivity index (χ1) is 7.65. The minimum atomic E-state index is -0.605. The molecule has 0 saturated heterocycles. The zero-order valence-corrected chi connectivity index (χ0v) is 9.50. The van der Waals surface area contributed by atoms with E-state index in [0.717, 1.165) is 12.8 Å². The summed E-state index contributed by atoms with van der Waals surface area (Å²) in [6.07, 6.45) is 1.81. The molecule has 0 aliphatic heterocycles. The molecule has 2 aliphatic rings. The monoisotopic (exact) mass is 230 g/mol. The van der Waals surface area contributed by atoms with Crippen LogP contribution in [0, 0.1) is 23.7 Å². The zero-order valence-electron chi connectivity index (χ0n) is 9.50. The highest BCUT2D eigenvalue weighted by Gasteiger charge is 2.42. The van der Waals surface area contributed by atoms with Crippen molar-refractivity contribution in [3.05, 3.63) is 0 Å². The van der Waals surface area contributed by atoms with E-state index < -0.39 is 12.2 Å². The topological polar surface area (TPSA) is 80.9 Å². The number of aliphatic hydroxyl groups is 4. The van der Waals surface area contributed by atoms with Crippen LogP contribution in [0.4, 0.5) is 0 Å². The predicted molar refractivity (Wildman–Crippen MR) is 58.6 cm³/mol. The van der Waals surface area contributed by atoms with Crippen molar-refractivity contribution in [2.24, 2.45) is 23.7 Å². The number of hydrogen-bond acceptors (Lipinski definition) is 4. The average molecular weight is 230 g/mol. The van der Waals surface area contributed by atoms with Gasteiger partial charge in [0, 0.05) is 13.2 Å². The molecule has 0 spiro atoms. The van der Waals surface area contributed by atoms with Gasteiger partial charge in [0.1, 0.15) is 0 Å². The van der Waals surface area contributed by atoms with Gasteiger partial charge in [-0.3, -0.25) is 0 Å². The van der Waals surface area contributed by atoms with Gasteiger partial charge in [-0.1, -0.05) is 0 Å². The van der Waals surface area contributed by atoms with Gasteiger partial charge in [-0.2, -0.15) is 0 Å². The summed E-state index contributed by atoms with van der Waals surface area (Å²) < 4.78 is 0. The maximum Gasteiger partial charge on any atom is 0.0802 e. The zero-order chi connectivity index (χ0) is 11.7. The van der Waals surface area contributed by atoms with E-state index in [-0.39, 0.29) is 25.0 Å². The standard InChI is InChI=1S/C12H22O4/c13-5-9-1-7-3-11(15)12(16)4-8(7)2-10(9)6-14/h7-16H,1-6H2/t7-,8+,9-,10-,11-,12-/m1/s1. The van der Waals surface area contributed by atoms with Gasteiger partial charge in [0.15, 0.2) is 0 Å². The van der Waals surface area contributed by atoms with Crippen LogP contribution >= 0.6 is 0 Å². The van der Waals surface area contributed by atoms with Crippen LogP contribution in [0.25, 0.3) is 0 Å². The summed E-state index contributed by atoms with van der Waals surface area (Å²) >= 11 is 0. The summed E-state index contributed by atoms with van der Waals surface area (Å²) in [5, 5.41) is 37.8. The summed E-state index contributed by atoms with van der Waals surface area (Å²) in [4.78, 5) is 0. The SMILES string of the molecule is OC[C@H]1C[C@@H]2C[C@@H](O)[C@H](O)C[C@@H]2C[C@@H]1CO. The largest absolute Gasteiger partial charge is 0.396 e. The van der Waals surface area contributed by atoms with Crippen molar-refractivity contribution in [2.45, 2.75) is 37.9 Å². The lowest BCUT2D eigenvalue weighted by atomic mass is 9.62. The van der Waals surface area contributed by atoms with Crippen molar-refractivity contribution in [1.29, 1.82) is 0 Å². The Morgan fingerprint density at radius 3 is 1.38 bits per heavy atom. The number of aliphatic hydroxyl groups excluding tert-OH is 4. The first-order valence-electron chi connectivity index (χ1n) is 6.23. The summed E-state index contributed by atoms with van der Waals surface area (Å²) in [5.41, 5.74) is 0. The molecule has 0 heterocycles. The van der Waals surface area contributed by atoms with Crippen molar-refractivity contribution < 1.29 is 20.4 Å². The lowest BCUT2D eigenvalue weighted by Gasteiger charge is -2.45. The van der Waals surface area contributed by atoms with Crippen LogP contribution in [-0.2, 0) is 0 Å². The van der Waals surface area contributed by atoms with Gasteiger partial charge in [-0.05, 0) is 49.4 Å². The highest BCUT2D eigenvalue weighted by molar-refractivity contribution is 4.92. The smallest absolute Gasteiger partial charge is 0.0802 e. The van der Waals surface area contributed by atoms with Crippen LogP contribution in [0.15, 0.2) is 0 Å². The third kappa shape index (κ3) is 2.25. The lowest BCUT2D eigenvalue weighted by Crippen LogP contribution is -2.45. The molecule has 0 aromatic carbocycles. The van der Waals surface area contributed by atoms with E-state index in [0.29, 0.717) is 24.7 Å². The van der Waals surface area contributed by atoms with Gasteiger partial charge in [-0.25, -0.2) is 0 Å². The lowest BCUT2D eigenvalue weighted by molar-refractivity contribution is -0.0801. The Labute approximate surface area is 95.9 Å². The molecule has 2 rings (SSSR count). The molecule has 4 N–H and O–H groups in total. The van der Waals surface area contributed by atoms with Gasteiger partial charge in [0.05, 0.1) is 12.2 Å². The Hall–Kier alpha value is -0.160. The highest BCUT2D eigenvalue weighted by Crippen LogP contribution is 2.45. The third-order valence-corrected chi connectivity index (χ3v) is 4.55. The summed E-state index contributed by atoms with van der Waals surface area (Å²) in [7, 11) is 0. The minimum absolute atomic E-state index is 0.118. The molecule has 0 aromatic heterocycles. The van der Waals surface area contributed by atoms with Crippen LogP contribution in [-0.4, -0.2) is 45.8 Å². The molecule has 2 saturated carbocycles. The molecule has 2 aliphatic carbocycles. The minimum Gasteiger partial charge on any atom is -0.396 e. The fraction of sp³-hybridized carbons (Fsp3) is 1.00. The molecule has 6 atom stereocenters. The first-order valence-corrected chi connectivity index (χ1v) is 6.23. The quantitative estimate of drug-likeness (QED) is 0.527. The molecule has 2 fully saturated rings. The van der Waals surface area contributed by atoms with Crippen molar-refractivity contribution in [2.75, 3.05) is 13.2 Å². The van der Waals surface area contributed by atoms with Crippen LogP contribution < -0.4 is 0 Å². The van der Waals surface area contributed by atoms with E-state index in [1.54, 1.807) is 0 Å². The Balaban J connectivity index is 2.02. The highest BCUT2D eigenvalue weighted by atomic mass is 16.3. The molecule has 4 nitrogen and oxygen atoms in total. The second-order valence-electron chi connectivity index (χ2n) is 5.48. The Morgan fingerprint density at radius 2 is 1.06 bits per heavy atom. The van der Waals surface area contributed by atoms with Crippen LogP contribution in [0.5, 0.6) is 0 Å². The van der Waals surface area contributed by atoms with Crippen molar-refractivity contribution in [3.8, 4) is 0 Å². The van der Waals surface area contributed by atoms with Gasteiger partial charge in [-0.15, -0.1) is 0 Å². The second-order valence-corrected chi connectivity index (χ2v) is 5.48. The summed E-state index contributed by atoms with van der Waals surface area (Å²) in [5.74, 6) is 1.12. The fourth-order valence-electron chi connectivity index (χ4n) is 3.51. The van der Waals surface area contributed by atoms with Crippen LogP contribution in [0.1, 0.15) is 25.7 Å². The van der Waals surface area contributed by atoms with Crippen molar-refractivity contribution >= 4 is 0 Å². The Bertz CT molecular complexity index is 209. The van der Waals surface area contributed by atoms with E-state index in [1.165, 1.54) is 0 Å². The molecule has 0 amide bonds. The Morgan fingerprint density at radius 1 is 0.688 bits per heavy atom. The van der Waals surface area contributed by atoms with Crippen LogP contribution in [0.2, 0.25) is 0 Å². The van der Waals surface area contributed by atoms with Gasteiger partial charge >= 0.3 is 0 Å². The van der Waals surface area contributed by atoms with E-state index in [4.69, 9.17) is 0 Å². The second kappa shape index (κ2) is 5.00. The van der Waals surface area contributed by atoms with E-state index >= 15 is 0 Å². The number of hydrogen-bond donors (Lipinski definition) is 4. The maximum atomic E-state index is 9.64. The van der Waals surface area contributed by atoms with Crippen molar-refractivity contribution in [3.63, 3.8) is 0 Å². The third-order valence-electron chi connectivity index (χ3n) is 4.55. The molecule has 0 unspecified atom stereocenters. The van der Waals surface area contributed by atoms with E-state index in [2.05, 4.69) is 0 Å². The molecule has 0 radical (unpaired) electrons. The first kappa shape index (κ1) is 12.3. The maximum absolute atomic E-state index is 9.64. The normalized spacial score (nSPS) is 48.8. The summed E-state index contributed by atoms with van der Waals surface area (Å²) in [6.45, 7) is 0.236. The molecule has 0 bridgehead atoms. The molecule has 16 heavy (non-hydrogen) atoms. The predicted octanol–water partition coefficient (Wildman–Crippen LogP) is -0.255. The molecule has 4 heteroatoms. The molecule has 0 aromatic rings. The summed E-state index contributed by atoms with van der Waals surface area (Å²) in [6, 6.07) is 0. The fourth-order valence-corrected chi connectivity index (χ4v) is 3.51. The van der Waals surface area contributed by atoms with Gasteiger partial charge < -0.3 is 20.4 Å². The molecular formula is C12H22O4. The van der Waals surface area contributed by atoms with Crippen molar-refractivity contribution in [1.82, 2.24) is 0 Å². The molecule has 94 valence electrons. The van der Waals surface area contributed by atoms with E-state index in [9.17, 15) is 20.4 Å². The average Bonchev–Trinajstić information content (AvgIpc) is 2.29. The molecular weight excluding hydrogens is 208 g/mol. The number of rotatable bonds is 2. The van der Waals surface area contributed by atoms with Gasteiger partial charge in [0.2, 0.25) is 0 Å². The number of fused-ring (bicyclic) bond motifs is 1. The van der Waals surface area contributed by atoms with Crippen LogP contribution in [0.3, 0.4) is 0 Å².